The van der Waals surface area contributed by atoms with E-state index in [-0.39, 0.29) is 18.6 Å². The van der Waals surface area contributed by atoms with Crippen LogP contribution in [0, 0.1) is 0 Å². The number of furan rings is 1. The number of aliphatic carboxylic acids is 1. The van der Waals surface area contributed by atoms with E-state index < -0.39 is 30.4 Å². The Kier molecular flexibility index (Phi) is 6.27. The van der Waals surface area contributed by atoms with Gasteiger partial charge in [-0.2, -0.15) is 0 Å². The van der Waals surface area contributed by atoms with E-state index in [9.17, 15) is 19.5 Å². The molecular formula is C27H26N2O6. The Balaban J connectivity index is 1.24. The summed E-state index contributed by atoms with van der Waals surface area (Å²) < 4.78 is 11.0. The van der Waals surface area contributed by atoms with Crippen LogP contribution in [-0.4, -0.2) is 35.7 Å². The highest BCUT2D eigenvalue weighted by atomic mass is 16.5. The number of carboxylic acids is 1. The highest BCUT2D eigenvalue weighted by Crippen LogP contribution is 2.44. The first kappa shape index (κ1) is 22.7. The van der Waals surface area contributed by atoms with Crippen molar-refractivity contribution in [2.75, 3.05) is 6.61 Å². The molecule has 5 rings (SSSR count). The molecule has 1 aromatic heterocycles. The maximum atomic E-state index is 12.9. The summed E-state index contributed by atoms with van der Waals surface area (Å²) in [4.78, 5) is 37.0. The number of carboxylic acid groups (broad SMARTS) is 1. The van der Waals surface area contributed by atoms with E-state index in [0.717, 1.165) is 46.4 Å². The zero-order valence-electron chi connectivity index (χ0n) is 19.0. The fraction of sp³-hybridized carbons (Fsp3) is 0.296. The van der Waals surface area contributed by atoms with Crippen molar-refractivity contribution in [1.82, 2.24) is 10.6 Å². The van der Waals surface area contributed by atoms with Crippen molar-refractivity contribution in [1.29, 1.82) is 0 Å². The number of carbonyl (C=O) groups excluding carboxylic acids is 2. The lowest BCUT2D eigenvalue weighted by molar-refractivity contribution is -0.140. The van der Waals surface area contributed by atoms with Gasteiger partial charge < -0.3 is 24.9 Å². The fourth-order valence-corrected chi connectivity index (χ4v) is 5.07. The number of hydrogen-bond acceptors (Lipinski definition) is 5. The van der Waals surface area contributed by atoms with Crippen LogP contribution in [0.1, 0.15) is 53.7 Å². The van der Waals surface area contributed by atoms with Gasteiger partial charge in [-0.3, -0.25) is 9.59 Å². The Morgan fingerprint density at radius 2 is 1.69 bits per heavy atom. The van der Waals surface area contributed by atoms with Gasteiger partial charge in [0.1, 0.15) is 18.4 Å². The maximum absolute atomic E-state index is 12.9. The lowest BCUT2D eigenvalue weighted by Crippen LogP contribution is -2.49. The maximum Gasteiger partial charge on any atom is 0.407 e. The Hall–Kier alpha value is -4.07. The summed E-state index contributed by atoms with van der Waals surface area (Å²) in [5.74, 6) is -1.08. The molecule has 0 aliphatic heterocycles. The van der Waals surface area contributed by atoms with Gasteiger partial charge in [0.05, 0.1) is 18.7 Å². The Bertz CT molecular complexity index is 1220. The number of benzene rings is 2. The van der Waals surface area contributed by atoms with E-state index in [1.807, 2.05) is 54.6 Å². The molecule has 2 aromatic carbocycles. The van der Waals surface area contributed by atoms with Crippen molar-refractivity contribution >= 4 is 18.0 Å². The van der Waals surface area contributed by atoms with Gasteiger partial charge in [0.2, 0.25) is 5.91 Å². The number of carbonyl (C=O) groups is 3. The minimum atomic E-state index is -1.26. The second kappa shape index (κ2) is 9.66. The average Bonchev–Trinajstić information content (AvgIpc) is 3.46. The molecule has 180 valence electrons. The van der Waals surface area contributed by atoms with E-state index in [4.69, 9.17) is 9.15 Å². The third-order valence-electron chi connectivity index (χ3n) is 6.70. The molecule has 3 N–H and O–H groups in total. The topological polar surface area (TPSA) is 118 Å². The van der Waals surface area contributed by atoms with E-state index in [1.165, 1.54) is 0 Å². The SMILES string of the molecule is O=C(O)CC(NC(=O)OCC1c2ccccc2-c2ccccc21)C(=O)NC1CCCc2occc21. The molecule has 2 aliphatic rings. The number of fused-ring (bicyclic) bond motifs is 4. The number of alkyl carbamates (subject to hydrolysis) is 1. The molecule has 8 nitrogen and oxygen atoms in total. The Labute approximate surface area is 202 Å². The van der Waals surface area contributed by atoms with E-state index in [2.05, 4.69) is 10.6 Å². The van der Waals surface area contributed by atoms with E-state index in [0.29, 0.717) is 6.42 Å². The summed E-state index contributed by atoms with van der Waals surface area (Å²) in [7, 11) is 0. The van der Waals surface area contributed by atoms with Gasteiger partial charge in [-0.05, 0) is 41.2 Å². The van der Waals surface area contributed by atoms with Crippen LogP contribution in [0.25, 0.3) is 11.1 Å². The highest BCUT2D eigenvalue weighted by molar-refractivity contribution is 5.89. The van der Waals surface area contributed by atoms with Crippen LogP contribution in [0.2, 0.25) is 0 Å². The summed E-state index contributed by atoms with van der Waals surface area (Å²) in [6.45, 7) is 0.0717. The molecule has 3 aromatic rings. The first-order valence-electron chi connectivity index (χ1n) is 11.7. The average molecular weight is 475 g/mol. The van der Waals surface area contributed by atoms with E-state index in [1.54, 1.807) is 6.26 Å². The summed E-state index contributed by atoms with van der Waals surface area (Å²) >= 11 is 0. The first-order chi connectivity index (χ1) is 17.0. The molecule has 0 spiro atoms. The van der Waals surface area contributed by atoms with Crippen molar-refractivity contribution in [3.63, 3.8) is 0 Å². The molecule has 0 saturated carbocycles. The van der Waals surface area contributed by atoms with Crippen molar-refractivity contribution < 1.29 is 28.6 Å². The zero-order chi connectivity index (χ0) is 24.4. The minimum absolute atomic E-state index is 0.0717. The molecule has 8 heteroatoms. The second-order valence-corrected chi connectivity index (χ2v) is 8.87. The third kappa shape index (κ3) is 4.64. The molecule has 2 atom stereocenters. The second-order valence-electron chi connectivity index (χ2n) is 8.87. The zero-order valence-corrected chi connectivity index (χ0v) is 19.0. The van der Waals surface area contributed by atoms with Gasteiger partial charge in [0, 0.05) is 17.9 Å². The van der Waals surface area contributed by atoms with Crippen LogP contribution in [-0.2, 0) is 20.7 Å². The highest BCUT2D eigenvalue weighted by Gasteiger charge is 2.32. The molecule has 0 bridgehead atoms. The van der Waals surface area contributed by atoms with Gasteiger partial charge in [-0.15, -0.1) is 0 Å². The lowest BCUT2D eigenvalue weighted by atomic mass is 9.93. The molecule has 0 fully saturated rings. The number of ether oxygens (including phenoxy) is 1. The molecule has 0 radical (unpaired) electrons. The summed E-state index contributed by atoms with van der Waals surface area (Å²) in [5.41, 5.74) is 5.22. The summed E-state index contributed by atoms with van der Waals surface area (Å²) in [5, 5.41) is 14.6. The molecule has 2 unspecified atom stereocenters. The van der Waals surface area contributed by atoms with Crippen LogP contribution in [0.15, 0.2) is 65.3 Å². The molecule has 2 amide bonds. The van der Waals surface area contributed by atoms with Gasteiger partial charge >= 0.3 is 12.1 Å². The monoisotopic (exact) mass is 474 g/mol. The Morgan fingerprint density at radius 3 is 2.37 bits per heavy atom. The van der Waals surface area contributed by atoms with Crippen LogP contribution in [0.4, 0.5) is 4.79 Å². The quantitative estimate of drug-likeness (QED) is 0.473. The first-order valence-corrected chi connectivity index (χ1v) is 11.7. The minimum Gasteiger partial charge on any atom is -0.481 e. The number of amides is 2. The van der Waals surface area contributed by atoms with Crippen molar-refractivity contribution in [3.05, 3.63) is 83.3 Å². The van der Waals surface area contributed by atoms with Gasteiger partial charge in [-0.1, -0.05) is 48.5 Å². The number of aryl methyl sites for hydroxylation is 1. The van der Waals surface area contributed by atoms with Crippen LogP contribution < -0.4 is 10.6 Å². The van der Waals surface area contributed by atoms with Gasteiger partial charge in [0.15, 0.2) is 0 Å². The fourth-order valence-electron chi connectivity index (χ4n) is 5.07. The normalized spacial score (nSPS) is 17.0. The number of hydrogen-bond donors (Lipinski definition) is 3. The number of rotatable bonds is 7. The van der Waals surface area contributed by atoms with E-state index >= 15 is 0 Å². The molecule has 1 heterocycles. The predicted octanol–water partition coefficient (Wildman–Crippen LogP) is 4.16. The smallest absolute Gasteiger partial charge is 0.407 e. The van der Waals surface area contributed by atoms with Gasteiger partial charge in [-0.25, -0.2) is 4.79 Å². The lowest BCUT2D eigenvalue weighted by Gasteiger charge is -2.25. The molecule has 0 saturated heterocycles. The van der Waals surface area contributed by atoms with Crippen LogP contribution in [0.5, 0.6) is 0 Å². The van der Waals surface area contributed by atoms with Crippen molar-refractivity contribution in [2.45, 2.75) is 43.7 Å². The van der Waals surface area contributed by atoms with Crippen LogP contribution in [0.3, 0.4) is 0 Å². The molecular weight excluding hydrogens is 448 g/mol. The van der Waals surface area contributed by atoms with Crippen molar-refractivity contribution in [2.24, 2.45) is 0 Å². The summed E-state index contributed by atoms with van der Waals surface area (Å²) in [6.07, 6.45) is 2.55. The third-order valence-corrected chi connectivity index (χ3v) is 6.70. The molecule has 35 heavy (non-hydrogen) atoms. The predicted molar refractivity (Wildman–Crippen MR) is 127 cm³/mol. The van der Waals surface area contributed by atoms with Crippen molar-refractivity contribution in [3.8, 4) is 11.1 Å². The molecule has 2 aliphatic carbocycles. The van der Waals surface area contributed by atoms with Gasteiger partial charge in [0.25, 0.3) is 0 Å². The number of nitrogens with one attached hydrogen (secondary N) is 2. The van der Waals surface area contributed by atoms with Crippen LogP contribution >= 0.6 is 0 Å². The Morgan fingerprint density at radius 1 is 1.00 bits per heavy atom. The standard InChI is InChI=1S/C27H26N2O6/c30-25(31)14-23(26(32)28-22-10-5-11-24-20(22)12-13-34-24)29-27(33)35-15-21-18-8-3-1-6-16(18)17-7-2-4-9-19(17)21/h1-4,6-9,12-13,21-23H,5,10-11,14-15H2,(H,28,32)(H,29,33)(H,30,31). The summed E-state index contributed by atoms with van der Waals surface area (Å²) in [6, 6.07) is 16.2. The largest absolute Gasteiger partial charge is 0.481 e.